The highest BCUT2D eigenvalue weighted by Gasteiger charge is 2.25. The van der Waals surface area contributed by atoms with Crippen LogP contribution in [0.5, 0.6) is 0 Å². The Balaban J connectivity index is 1.84. The number of aliphatic hydroxyl groups excluding tert-OH is 1. The monoisotopic (exact) mass is 316 g/mol. The molecule has 8 heteroatoms. The number of nitrogens with one attached hydrogen (secondary N) is 1. The quantitative estimate of drug-likeness (QED) is 0.874. The first-order chi connectivity index (χ1) is 10.5. The van der Waals surface area contributed by atoms with Gasteiger partial charge in [-0.05, 0) is 12.8 Å². The zero-order chi connectivity index (χ0) is 16.1. The second kappa shape index (κ2) is 7.53. The number of urea groups is 1. The predicted octanol–water partition coefficient (Wildman–Crippen LogP) is 2.16. The van der Waals surface area contributed by atoms with Crippen molar-refractivity contribution < 1.29 is 18.7 Å². The molecule has 1 aliphatic carbocycles. The number of anilines is 1. The number of carbonyl (C=O) groups is 1. The van der Waals surface area contributed by atoms with Gasteiger partial charge in [-0.25, -0.2) is 13.6 Å². The van der Waals surface area contributed by atoms with E-state index >= 15 is 0 Å². The van der Waals surface area contributed by atoms with Gasteiger partial charge in [-0.1, -0.05) is 12.8 Å². The van der Waals surface area contributed by atoms with Crippen LogP contribution in [-0.2, 0) is 6.54 Å². The highest BCUT2D eigenvalue weighted by atomic mass is 19.3. The Bertz CT molecular complexity index is 495. The van der Waals surface area contributed by atoms with Crippen molar-refractivity contribution in [3.05, 3.63) is 12.4 Å². The highest BCUT2D eigenvalue weighted by molar-refractivity contribution is 5.88. The summed E-state index contributed by atoms with van der Waals surface area (Å²) in [4.78, 5) is 13.6. The van der Waals surface area contributed by atoms with E-state index in [0.29, 0.717) is 12.2 Å². The highest BCUT2D eigenvalue weighted by Crippen LogP contribution is 2.25. The van der Waals surface area contributed by atoms with Crippen LogP contribution in [0.3, 0.4) is 0 Å². The number of hydrogen-bond acceptors (Lipinski definition) is 3. The van der Waals surface area contributed by atoms with Crippen molar-refractivity contribution in [1.82, 2.24) is 14.7 Å². The van der Waals surface area contributed by atoms with Gasteiger partial charge in [0.25, 0.3) is 6.43 Å². The second-order valence-electron chi connectivity index (χ2n) is 5.76. The fourth-order valence-corrected chi connectivity index (χ4v) is 2.72. The lowest BCUT2D eigenvalue weighted by molar-refractivity contribution is 0.0575. The molecule has 1 aliphatic rings. The molecular formula is C14H22F2N4O2. The Kier molecular flexibility index (Phi) is 5.70. The standard InChI is InChI=1S/C14H22F2N4O2/c1-19(7-10-4-2-3-5-12(10)21)14(22)18-11-6-17-20(8-11)9-13(15)16/h6,8,10,12-13,21H,2-5,7,9H2,1H3,(H,18,22). The Morgan fingerprint density at radius 1 is 1.55 bits per heavy atom. The minimum absolute atomic E-state index is 0.0889. The van der Waals surface area contributed by atoms with Crippen LogP contribution in [0, 0.1) is 5.92 Å². The average molecular weight is 316 g/mol. The third kappa shape index (κ3) is 4.66. The largest absolute Gasteiger partial charge is 0.393 e. The van der Waals surface area contributed by atoms with Crippen LogP contribution < -0.4 is 5.32 Å². The number of aliphatic hydroxyl groups is 1. The van der Waals surface area contributed by atoms with Crippen molar-refractivity contribution in [1.29, 1.82) is 0 Å². The van der Waals surface area contributed by atoms with Gasteiger partial charge in [0.1, 0.15) is 6.54 Å². The molecule has 0 saturated heterocycles. The number of alkyl halides is 2. The number of hydrogen-bond donors (Lipinski definition) is 2. The zero-order valence-corrected chi connectivity index (χ0v) is 12.6. The Morgan fingerprint density at radius 2 is 2.27 bits per heavy atom. The summed E-state index contributed by atoms with van der Waals surface area (Å²) < 4.78 is 25.6. The summed E-state index contributed by atoms with van der Waals surface area (Å²) in [6.07, 6.45) is 3.63. The summed E-state index contributed by atoms with van der Waals surface area (Å²) in [5.74, 6) is 0.0889. The number of aromatic nitrogens is 2. The van der Waals surface area contributed by atoms with Crippen molar-refractivity contribution in [2.24, 2.45) is 5.92 Å². The van der Waals surface area contributed by atoms with Gasteiger partial charge in [0, 0.05) is 25.7 Å². The smallest absolute Gasteiger partial charge is 0.321 e. The van der Waals surface area contributed by atoms with Gasteiger partial charge in [0.05, 0.1) is 18.0 Å². The van der Waals surface area contributed by atoms with Crippen molar-refractivity contribution in [2.45, 2.75) is 44.8 Å². The van der Waals surface area contributed by atoms with E-state index in [0.717, 1.165) is 30.4 Å². The molecule has 1 fully saturated rings. The number of nitrogens with zero attached hydrogens (tertiary/aromatic N) is 3. The first-order valence-electron chi connectivity index (χ1n) is 7.46. The number of halogens is 2. The topological polar surface area (TPSA) is 70.4 Å². The van der Waals surface area contributed by atoms with E-state index in [1.165, 1.54) is 17.3 Å². The molecule has 1 aromatic rings. The number of amides is 2. The summed E-state index contributed by atoms with van der Waals surface area (Å²) in [7, 11) is 1.65. The van der Waals surface area contributed by atoms with Crippen molar-refractivity contribution >= 4 is 11.7 Å². The molecule has 1 saturated carbocycles. The lowest BCUT2D eigenvalue weighted by atomic mass is 9.86. The molecule has 124 valence electrons. The minimum atomic E-state index is -2.49. The van der Waals surface area contributed by atoms with E-state index < -0.39 is 13.0 Å². The van der Waals surface area contributed by atoms with Gasteiger partial charge in [-0.2, -0.15) is 5.10 Å². The third-order valence-corrected chi connectivity index (χ3v) is 3.93. The molecule has 6 nitrogen and oxygen atoms in total. The Morgan fingerprint density at radius 3 is 2.95 bits per heavy atom. The van der Waals surface area contributed by atoms with Gasteiger partial charge in [0.2, 0.25) is 0 Å². The maximum absolute atomic E-state index is 12.2. The molecule has 2 rings (SSSR count). The first-order valence-corrected chi connectivity index (χ1v) is 7.46. The van der Waals surface area contributed by atoms with Gasteiger partial charge in [0.15, 0.2) is 0 Å². The van der Waals surface area contributed by atoms with Crippen LogP contribution in [0.4, 0.5) is 19.3 Å². The fourth-order valence-electron chi connectivity index (χ4n) is 2.72. The Labute approximate surface area is 128 Å². The molecule has 0 radical (unpaired) electrons. The molecule has 1 aromatic heterocycles. The average Bonchev–Trinajstić information content (AvgIpc) is 2.87. The lowest BCUT2D eigenvalue weighted by Crippen LogP contribution is -2.39. The summed E-state index contributed by atoms with van der Waals surface area (Å²) in [6, 6.07) is -0.339. The first kappa shape index (κ1) is 16.7. The van der Waals surface area contributed by atoms with Gasteiger partial charge in [-0.15, -0.1) is 0 Å². The maximum atomic E-state index is 12.2. The number of rotatable bonds is 5. The van der Waals surface area contributed by atoms with Crippen LogP contribution in [0.2, 0.25) is 0 Å². The molecular weight excluding hydrogens is 294 g/mol. The Hall–Kier alpha value is -1.70. The van der Waals surface area contributed by atoms with Crippen molar-refractivity contribution in [2.75, 3.05) is 18.9 Å². The summed E-state index contributed by atoms with van der Waals surface area (Å²) in [5.41, 5.74) is 0.377. The van der Waals surface area contributed by atoms with E-state index in [4.69, 9.17) is 0 Å². The van der Waals surface area contributed by atoms with E-state index in [1.807, 2.05) is 0 Å². The molecule has 2 unspecified atom stereocenters. The van der Waals surface area contributed by atoms with Crippen LogP contribution in [0.1, 0.15) is 25.7 Å². The summed E-state index contributed by atoms with van der Waals surface area (Å²) in [5, 5.41) is 16.3. The molecule has 2 amide bonds. The van der Waals surface area contributed by atoms with Gasteiger partial charge < -0.3 is 15.3 Å². The molecule has 0 aliphatic heterocycles. The van der Waals surface area contributed by atoms with E-state index in [1.54, 1.807) is 7.05 Å². The second-order valence-corrected chi connectivity index (χ2v) is 5.76. The molecule has 1 heterocycles. The fraction of sp³-hybridized carbons (Fsp3) is 0.714. The minimum Gasteiger partial charge on any atom is -0.393 e. The van der Waals surface area contributed by atoms with Crippen LogP contribution in [0.15, 0.2) is 12.4 Å². The molecule has 0 spiro atoms. The van der Waals surface area contributed by atoms with Gasteiger partial charge >= 0.3 is 6.03 Å². The van der Waals surface area contributed by atoms with E-state index in [2.05, 4.69) is 10.4 Å². The third-order valence-electron chi connectivity index (χ3n) is 3.93. The van der Waals surface area contributed by atoms with Crippen molar-refractivity contribution in [3.8, 4) is 0 Å². The zero-order valence-electron chi connectivity index (χ0n) is 12.6. The summed E-state index contributed by atoms with van der Waals surface area (Å²) in [6.45, 7) is -0.0296. The normalized spacial score (nSPS) is 21.9. The van der Waals surface area contributed by atoms with Crippen molar-refractivity contribution in [3.63, 3.8) is 0 Å². The predicted molar refractivity (Wildman–Crippen MR) is 77.8 cm³/mol. The SMILES string of the molecule is CN(CC1CCCCC1O)C(=O)Nc1cnn(CC(F)F)c1. The lowest BCUT2D eigenvalue weighted by Gasteiger charge is -2.31. The summed E-state index contributed by atoms with van der Waals surface area (Å²) >= 11 is 0. The molecule has 22 heavy (non-hydrogen) atoms. The maximum Gasteiger partial charge on any atom is 0.321 e. The molecule has 0 aromatic carbocycles. The molecule has 2 N–H and O–H groups in total. The van der Waals surface area contributed by atoms with Crippen LogP contribution >= 0.6 is 0 Å². The molecule has 2 atom stereocenters. The number of carbonyl (C=O) groups excluding carboxylic acids is 1. The van der Waals surface area contributed by atoms with E-state index in [9.17, 15) is 18.7 Å². The van der Waals surface area contributed by atoms with Crippen LogP contribution in [0.25, 0.3) is 0 Å². The van der Waals surface area contributed by atoms with Gasteiger partial charge in [-0.3, -0.25) is 4.68 Å². The van der Waals surface area contributed by atoms with E-state index in [-0.39, 0.29) is 18.1 Å². The molecule has 0 bridgehead atoms. The van der Waals surface area contributed by atoms with Crippen LogP contribution in [-0.4, -0.2) is 51.9 Å².